The first-order chi connectivity index (χ1) is 16.7. The van der Waals surface area contributed by atoms with Gasteiger partial charge < -0.3 is 26.8 Å². The molecular weight excluding hydrogens is 448 g/mol. The third-order valence-electron chi connectivity index (χ3n) is 5.82. The van der Waals surface area contributed by atoms with Gasteiger partial charge in [-0.15, -0.1) is 0 Å². The number of rotatable bonds is 14. The van der Waals surface area contributed by atoms with Crippen LogP contribution in [0.2, 0.25) is 0 Å². The summed E-state index contributed by atoms with van der Waals surface area (Å²) in [5.41, 5.74) is 7.29. The number of nitrogens with two attached hydrogens (primary N) is 1. The number of aliphatic carboxylic acids is 1. The van der Waals surface area contributed by atoms with Gasteiger partial charge in [-0.1, -0.05) is 62.7 Å². The van der Waals surface area contributed by atoms with Crippen LogP contribution in [0.15, 0.2) is 54.6 Å². The van der Waals surface area contributed by atoms with Crippen LogP contribution < -0.4 is 21.7 Å². The van der Waals surface area contributed by atoms with Gasteiger partial charge in [0.1, 0.15) is 12.1 Å². The number of carboxylic acids is 1. The fraction of sp³-hybridized carbons (Fsp3) is 0.385. The number of amides is 3. The fourth-order valence-corrected chi connectivity index (χ4v) is 3.55. The van der Waals surface area contributed by atoms with Crippen molar-refractivity contribution in [2.45, 2.75) is 51.6 Å². The van der Waals surface area contributed by atoms with Crippen LogP contribution in [0.25, 0.3) is 0 Å². The van der Waals surface area contributed by atoms with Gasteiger partial charge in [0.25, 0.3) is 5.91 Å². The molecule has 0 heterocycles. The Kier molecular flexibility index (Phi) is 10.7. The lowest BCUT2D eigenvalue weighted by atomic mass is 9.97. The van der Waals surface area contributed by atoms with Crippen molar-refractivity contribution in [3.63, 3.8) is 0 Å². The molecule has 0 aliphatic rings. The van der Waals surface area contributed by atoms with Gasteiger partial charge in [-0.25, -0.2) is 4.79 Å². The first-order valence-electron chi connectivity index (χ1n) is 11.7. The molecule has 0 fully saturated rings. The maximum atomic E-state index is 13.2. The quantitative estimate of drug-likeness (QED) is 0.279. The summed E-state index contributed by atoms with van der Waals surface area (Å²) < 4.78 is 0. The van der Waals surface area contributed by atoms with Crippen molar-refractivity contribution in [2.24, 2.45) is 11.7 Å². The zero-order valence-corrected chi connectivity index (χ0v) is 20.1. The molecule has 3 atom stereocenters. The van der Waals surface area contributed by atoms with E-state index < -0.39 is 35.8 Å². The summed E-state index contributed by atoms with van der Waals surface area (Å²) in [6.07, 6.45) is 1.04. The van der Waals surface area contributed by atoms with Gasteiger partial charge in [0.2, 0.25) is 11.8 Å². The second kappa shape index (κ2) is 13.7. The average Bonchev–Trinajstić information content (AvgIpc) is 2.85. The van der Waals surface area contributed by atoms with Gasteiger partial charge in [0.05, 0.1) is 5.56 Å². The number of carbonyl (C=O) groups excluding carboxylic acids is 3. The minimum Gasteiger partial charge on any atom is -0.480 e. The standard InChI is InChI=1S/C26H34N4O5/c1-3-17(2)23(25(33)29-21(26(34)35)13-14-22(27)31)30-24(32)19-11-7-8-12-20(19)28-16-15-18-9-5-4-6-10-18/h4-12,17,21,23,28H,3,13-16H2,1-2H3,(H2,27,31)(H,29,33)(H,30,32)(H,34,35)/t17?,21-,23+/m1/s1. The van der Waals surface area contributed by atoms with Gasteiger partial charge in [-0.05, 0) is 36.5 Å². The number of nitrogens with one attached hydrogen (secondary N) is 3. The Morgan fingerprint density at radius 2 is 1.63 bits per heavy atom. The van der Waals surface area contributed by atoms with Crippen LogP contribution in [0.5, 0.6) is 0 Å². The average molecular weight is 483 g/mol. The molecule has 0 aliphatic carbocycles. The molecule has 2 aromatic carbocycles. The van der Waals surface area contributed by atoms with Crippen molar-refractivity contribution in [2.75, 3.05) is 11.9 Å². The SMILES string of the molecule is CCC(C)[C@H](NC(=O)c1ccccc1NCCc1ccccc1)C(=O)N[C@H](CCC(N)=O)C(=O)O. The van der Waals surface area contributed by atoms with Gasteiger partial charge in [0.15, 0.2) is 0 Å². The van der Waals surface area contributed by atoms with Crippen molar-refractivity contribution < 1.29 is 24.3 Å². The van der Waals surface area contributed by atoms with E-state index in [9.17, 15) is 24.3 Å². The molecule has 2 aromatic rings. The molecule has 0 spiro atoms. The Hall–Kier alpha value is -3.88. The number of anilines is 1. The lowest BCUT2D eigenvalue weighted by Crippen LogP contribution is -2.54. The summed E-state index contributed by atoms with van der Waals surface area (Å²) in [4.78, 5) is 48.7. The van der Waals surface area contributed by atoms with Crippen LogP contribution >= 0.6 is 0 Å². The van der Waals surface area contributed by atoms with Gasteiger partial charge in [-0.2, -0.15) is 0 Å². The Morgan fingerprint density at radius 1 is 0.971 bits per heavy atom. The maximum Gasteiger partial charge on any atom is 0.326 e. The number of benzene rings is 2. The van der Waals surface area contributed by atoms with Gasteiger partial charge in [0, 0.05) is 18.7 Å². The van der Waals surface area contributed by atoms with Crippen molar-refractivity contribution in [1.29, 1.82) is 0 Å². The molecule has 0 saturated carbocycles. The van der Waals surface area contributed by atoms with Gasteiger partial charge in [-0.3, -0.25) is 14.4 Å². The molecule has 188 valence electrons. The van der Waals surface area contributed by atoms with E-state index in [1.807, 2.05) is 43.3 Å². The highest BCUT2D eigenvalue weighted by Crippen LogP contribution is 2.17. The predicted octanol–water partition coefficient (Wildman–Crippen LogP) is 2.32. The third kappa shape index (κ3) is 8.77. The second-order valence-electron chi connectivity index (χ2n) is 8.45. The van der Waals surface area contributed by atoms with E-state index >= 15 is 0 Å². The summed E-state index contributed by atoms with van der Waals surface area (Å²) >= 11 is 0. The van der Waals surface area contributed by atoms with E-state index in [0.29, 0.717) is 24.2 Å². The molecule has 6 N–H and O–H groups in total. The Balaban J connectivity index is 2.10. The molecule has 0 saturated heterocycles. The number of carboxylic acid groups (broad SMARTS) is 1. The number of para-hydroxylation sites is 1. The minimum absolute atomic E-state index is 0.133. The minimum atomic E-state index is -1.29. The van der Waals surface area contributed by atoms with Crippen molar-refractivity contribution in [1.82, 2.24) is 10.6 Å². The highest BCUT2D eigenvalue weighted by Gasteiger charge is 2.30. The molecule has 0 bridgehead atoms. The molecule has 9 nitrogen and oxygen atoms in total. The predicted molar refractivity (Wildman–Crippen MR) is 134 cm³/mol. The van der Waals surface area contributed by atoms with Crippen molar-refractivity contribution >= 4 is 29.4 Å². The number of hydrogen-bond donors (Lipinski definition) is 5. The van der Waals surface area contributed by atoms with E-state index in [-0.39, 0.29) is 18.8 Å². The zero-order chi connectivity index (χ0) is 25.8. The molecule has 0 aromatic heterocycles. The highest BCUT2D eigenvalue weighted by molar-refractivity contribution is 6.02. The molecular formula is C26H34N4O5. The monoisotopic (exact) mass is 482 g/mol. The van der Waals surface area contributed by atoms with E-state index in [0.717, 1.165) is 6.42 Å². The summed E-state index contributed by atoms with van der Waals surface area (Å²) in [6, 6.07) is 14.7. The van der Waals surface area contributed by atoms with Crippen LogP contribution in [0.3, 0.4) is 0 Å². The van der Waals surface area contributed by atoms with E-state index in [1.165, 1.54) is 5.56 Å². The summed E-state index contributed by atoms with van der Waals surface area (Å²) in [7, 11) is 0. The van der Waals surface area contributed by atoms with Crippen LogP contribution in [0, 0.1) is 5.92 Å². The van der Waals surface area contributed by atoms with Crippen molar-refractivity contribution in [3.8, 4) is 0 Å². The van der Waals surface area contributed by atoms with E-state index in [2.05, 4.69) is 16.0 Å². The summed E-state index contributed by atoms with van der Waals surface area (Å²) in [5, 5.41) is 17.9. The molecule has 2 rings (SSSR count). The van der Waals surface area contributed by atoms with Crippen LogP contribution in [0.4, 0.5) is 5.69 Å². The first kappa shape index (κ1) is 27.4. The number of primary amides is 1. The van der Waals surface area contributed by atoms with Crippen LogP contribution in [-0.2, 0) is 20.8 Å². The number of hydrogen-bond acceptors (Lipinski definition) is 5. The largest absolute Gasteiger partial charge is 0.480 e. The number of carbonyl (C=O) groups is 4. The molecule has 0 aliphatic heterocycles. The fourth-order valence-electron chi connectivity index (χ4n) is 3.55. The zero-order valence-electron chi connectivity index (χ0n) is 20.1. The Morgan fingerprint density at radius 3 is 2.26 bits per heavy atom. The third-order valence-corrected chi connectivity index (χ3v) is 5.82. The maximum absolute atomic E-state index is 13.2. The molecule has 1 unspecified atom stereocenters. The summed E-state index contributed by atoms with van der Waals surface area (Å²) in [6.45, 7) is 4.29. The smallest absolute Gasteiger partial charge is 0.326 e. The Bertz CT molecular complexity index is 1010. The van der Waals surface area contributed by atoms with E-state index in [1.54, 1.807) is 25.1 Å². The second-order valence-corrected chi connectivity index (χ2v) is 8.45. The summed E-state index contributed by atoms with van der Waals surface area (Å²) in [5.74, 6) is -3.27. The van der Waals surface area contributed by atoms with Gasteiger partial charge >= 0.3 is 5.97 Å². The van der Waals surface area contributed by atoms with E-state index in [4.69, 9.17) is 5.73 Å². The lowest BCUT2D eigenvalue weighted by Gasteiger charge is -2.26. The normalized spacial score (nSPS) is 13.2. The molecule has 35 heavy (non-hydrogen) atoms. The van der Waals surface area contributed by atoms with Crippen LogP contribution in [0.1, 0.15) is 49.0 Å². The first-order valence-corrected chi connectivity index (χ1v) is 11.7. The van der Waals surface area contributed by atoms with Crippen molar-refractivity contribution in [3.05, 3.63) is 65.7 Å². The molecule has 9 heteroatoms. The highest BCUT2D eigenvalue weighted by atomic mass is 16.4. The topological polar surface area (TPSA) is 151 Å². The molecule has 0 radical (unpaired) electrons. The lowest BCUT2D eigenvalue weighted by molar-refractivity contribution is -0.142. The molecule has 3 amide bonds. The Labute approximate surface area is 205 Å². The van der Waals surface area contributed by atoms with Crippen LogP contribution in [-0.4, -0.2) is 47.4 Å².